The van der Waals surface area contributed by atoms with Gasteiger partial charge in [0.2, 0.25) is 5.91 Å². The number of methoxy groups -OCH3 is 1. The quantitative estimate of drug-likeness (QED) is 0.714. The minimum absolute atomic E-state index is 0.0394. The molecule has 2 aromatic rings. The molecule has 0 radical (unpaired) electrons. The smallest absolute Gasteiger partial charge is 0.257 e. The summed E-state index contributed by atoms with van der Waals surface area (Å²) in [5, 5.41) is 6.20. The monoisotopic (exact) mass is 457 g/mol. The molecular weight excluding hydrogens is 430 g/mol. The summed E-state index contributed by atoms with van der Waals surface area (Å²) >= 11 is 1.16. The summed E-state index contributed by atoms with van der Waals surface area (Å²) in [5.41, 5.74) is 0.767. The van der Waals surface area contributed by atoms with Crippen LogP contribution in [0, 0.1) is 5.92 Å². The zero-order valence-corrected chi connectivity index (χ0v) is 19.2. The van der Waals surface area contributed by atoms with E-state index in [0.717, 1.165) is 24.2 Å². The third-order valence-electron chi connectivity index (χ3n) is 5.81. The van der Waals surface area contributed by atoms with Gasteiger partial charge in [-0.25, -0.2) is 4.98 Å². The van der Waals surface area contributed by atoms with Crippen molar-refractivity contribution in [2.24, 2.45) is 5.92 Å². The molecule has 1 saturated heterocycles. The number of anilines is 1. The van der Waals surface area contributed by atoms with Gasteiger partial charge in [-0.05, 0) is 51.0 Å². The van der Waals surface area contributed by atoms with E-state index in [1.54, 1.807) is 31.4 Å². The lowest BCUT2D eigenvalue weighted by molar-refractivity contribution is -0.128. The molecular formula is C23H27N3O5S. The number of fused-ring (bicyclic) bond motifs is 1. The van der Waals surface area contributed by atoms with Gasteiger partial charge in [0.25, 0.3) is 5.91 Å². The van der Waals surface area contributed by atoms with Gasteiger partial charge in [0.05, 0.1) is 29.2 Å². The number of nitrogens with zero attached hydrogens (tertiary/aromatic N) is 1. The van der Waals surface area contributed by atoms with Crippen LogP contribution in [0.15, 0.2) is 24.3 Å². The van der Waals surface area contributed by atoms with E-state index in [-0.39, 0.29) is 35.7 Å². The van der Waals surface area contributed by atoms with Crippen molar-refractivity contribution in [3.05, 3.63) is 40.4 Å². The van der Waals surface area contributed by atoms with E-state index >= 15 is 0 Å². The number of ether oxygens (including phenoxy) is 2. The number of benzene rings is 1. The van der Waals surface area contributed by atoms with Gasteiger partial charge < -0.3 is 14.8 Å². The van der Waals surface area contributed by atoms with Crippen LogP contribution in [0.25, 0.3) is 0 Å². The lowest BCUT2D eigenvalue weighted by Gasteiger charge is -2.36. The Kier molecular flexibility index (Phi) is 6.30. The van der Waals surface area contributed by atoms with Crippen molar-refractivity contribution in [1.82, 2.24) is 10.3 Å². The lowest BCUT2D eigenvalue weighted by atomic mass is 9.88. The Balaban J connectivity index is 1.40. The molecule has 1 aliphatic carbocycles. The van der Waals surface area contributed by atoms with Gasteiger partial charge in [0, 0.05) is 31.1 Å². The average Bonchev–Trinajstić information content (AvgIpc) is 3.16. The van der Waals surface area contributed by atoms with Gasteiger partial charge in [-0.15, -0.1) is 0 Å². The molecule has 4 rings (SSSR count). The molecule has 0 saturated carbocycles. The molecule has 0 unspecified atom stereocenters. The fraction of sp³-hybridized carbons (Fsp3) is 0.478. The Labute approximate surface area is 190 Å². The van der Waals surface area contributed by atoms with E-state index in [1.807, 2.05) is 13.8 Å². The predicted molar refractivity (Wildman–Crippen MR) is 120 cm³/mol. The first-order valence-corrected chi connectivity index (χ1v) is 11.5. The number of amides is 2. The molecule has 32 heavy (non-hydrogen) atoms. The highest BCUT2D eigenvalue weighted by Gasteiger charge is 2.36. The van der Waals surface area contributed by atoms with Gasteiger partial charge in [-0.1, -0.05) is 11.3 Å². The minimum Gasteiger partial charge on any atom is -0.497 e. The molecule has 2 atom stereocenters. The Morgan fingerprint density at radius 2 is 1.97 bits per heavy atom. The topological polar surface area (TPSA) is 107 Å². The van der Waals surface area contributed by atoms with Gasteiger partial charge in [0.1, 0.15) is 5.75 Å². The second-order valence-corrected chi connectivity index (χ2v) is 9.81. The van der Waals surface area contributed by atoms with Gasteiger partial charge in [0.15, 0.2) is 10.9 Å². The average molecular weight is 458 g/mol. The van der Waals surface area contributed by atoms with E-state index in [2.05, 4.69) is 15.6 Å². The number of Topliss-reactive ketones (excluding diaryl/α,β-unsaturated/α-hetero) is 1. The van der Waals surface area contributed by atoms with Crippen LogP contribution in [0.4, 0.5) is 5.13 Å². The first kappa shape index (κ1) is 22.4. The summed E-state index contributed by atoms with van der Waals surface area (Å²) in [6, 6.07) is 6.76. The molecule has 8 nitrogen and oxygen atoms in total. The number of aromatic nitrogens is 1. The van der Waals surface area contributed by atoms with E-state index in [0.29, 0.717) is 40.0 Å². The molecule has 0 spiro atoms. The van der Waals surface area contributed by atoms with Crippen LogP contribution in [-0.2, 0) is 16.0 Å². The second kappa shape index (κ2) is 8.99. The number of ketones is 1. The Morgan fingerprint density at radius 1 is 1.22 bits per heavy atom. The summed E-state index contributed by atoms with van der Waals surface area (Å²) in [5.74, 6) is -0.342. The summed E-state index contributed by atoms with van der Waals surface area (Å²) in [6.45, 7) is 4.63. The van der Waals surface area contributed by atoms with Crippen molar-refractivity contribution in [2.75, 3.05) is 19.0 Å². The number of hydrogen-bond acceptors (Lipinski definition) is 7. The number of nitrogens with one attached hydrogen (secondary N) is 2. The van der Waals surface area contributed by atoms with E-state index < -0.39 is 5.92 Å². The van der Waals surface area contributed by atoms with E-state index in [1.165, 1.54) is 0 Å². The number of carbonyl (C=O) groups is 3. The van der Waals surface area contributed by atoms with Crippen molar-refractivity contribution in [1.29, 1.82) is 0 Å². The fourth-order valence-corrected chi connectivity index (χ4v) is 5.09. The molecule has 0 bridgehead atoms. The zero-order chi connectivity index (χ0) is 22.9. The molecule has 2 amide bonds. The van der Waals surface area contributed by atoms with Crippen LogP contribution in [-0.4, -0.2) is 47.9 Å². The number of hydrogen-bond donors (Lipinski definition) is 2. The minimum atomic E-state index is -0.451. The summed E-state index contributed by atoms with van der Waals surface area (Å²) < 4.78 is 10.8. The van der Waals surface area contributed by atoms with Crippen molar-refractivity contribution < 1.29 is 23.9 Å². The molecule has 2 aliphatic rings. The van der Waals surface area contributed by atoms with E-state index in [9.17, 15) is 14.4 Å². The van der Waals surface area contributed by atoms with Crippen molar-refractivity contribution >= 4 is 34.1 Å². The Hall–Kier alpha value is -2.78. The van der Waals surface area contributed by atoms with Crippen molar-refractivity contribution in [2.45, 2.75) is 51.2 Å². The van der Waals surface area contributed by atoms with Gasteiger partial charge >= 0.3 is 0 Å². The highest BCUT2D eigenvalue weighted by Crippen LogP contribution is 2.33. The summed E-state index contributed by atoms with van der Waals surface area (Å²) in [7, 11) is 1.56. The molecule has 1 aromatic carbocycles. The second-order valence-electron chi connectivity index (χ2n) is 8.81. The highest BCUT2D eigenvalue weighted by atomic mass is 32.1. The fourth-order valence-electron chi connectivity index (χ4n) is 4.15. The van der Waals surface area contributed by atoms with Crippen LogP contribution in [0.1, 0.15) is 58.8 Å². The van der Waals surface area contributed by atoms with Crippen LogP contribution in [0.2, 0.25) is 0 Å². The molecule has 1 aromatic heterocycles. The van der Waals surface area contributed by atoms with Crippen molar-refractivity contribution in [3.63, 3.8) is 0 Å². The molecule has 170 valence electrons. The van der Waals surface area contributed by atoms with Gasteiger partial charge in [-0.2, -0.15) is 0 Å². The first-order chi connectivity index (χ1) is 15.2. The van der Waals surface area contributed by atoms with Crippen LogP contribution < -0.4 is 15.4 Å². The molecule has 2 heterocycles. The molecule has 2 N–H and O–H groups in total. The molecule has 9 heteroatoms. The Morgan fingerprint density at radius 3 is 2.66 bits per heavy atom. The summed E-state index contributed by atoms with van der Waals surface area (Å²) in [6.07, 6.45) is 2.04. The third kappa shape index (κ3) is 4.99. The summed E-state index contributed by atoms with van der Waals surface area (Å²) in [4.78, 5) is 43.0. The van der Waals surface area contributed by atoms with Crippen molar-refractivity contribution in [3.8, 4) is 5.75 Å². The maximum atomic E-state index is 12.8. The van der Waals surface area contributed by atoms with Crippen LogP contribution in [0.3, 0.4) is 0 Å². The van der Waals surface area contributed by atoms with Gasteiger partial charge in [-0.3, -0.25) is 19.7 Å². The number of carbonyl (C=O) groups excluding carboxylic acids is 3. The maximum Gasteiger partial charge on any atom is 0.257 e. The zero-order valence-electron chi connectivity index (χ0n) is 18.4. The van der Waals surface area contributed by atoms with E-state index in [4.69, 9.17) is 9.47 Å². The SMILES string of the molecule is COc1ccc(C(=O)Nc2nc3c(s2)C(=O)C[C@@H](C(=O)N[C@@H]2CCOC(C)(C)C2)C3)cc1. The Bertz CT molecular complexity index is 1030. The normalized spacial score (nSPS) is 22.0. The van der Waals surface area contributed by atoms with Crippen LogP contribution in [0.5, 0.6) is 5.75 Å². The maximum absolute atomic E-state index is 12.8. The number of thiazole rings is 1. The molecule has 1 fully saturated rings. The molecule has 1 aliphatic heterocycles. The third-order valence-corrected chi connectivity index (χ3v) is 6.86. The first-order valence-electron chi connectivity index (χ1n) is 10.7. The number of rotatable bonds is 5. The highest BCUT2D eigenvalue weighted by molar-refractivity contribution is 7.17. The standard InChI is InChI=1S/C23H27N3O5S/c1-23(2)12-15(8-9-31-23)24-21(29)14-10-17-19(18(27)11-14)32-22(25-17)26-20(28)13-4-6-16(30-3)7-5-13/h4-7,14-15H,8-12H2,1-3H3,(H,24,29)(H,25,26,28)/t14-,15+/m0/s1. The van der Waals surface area contributed by atoms with Crippen LogP contribution >= 0.6 is 11.3 Å². The lowest BCUT2D eigenvalue weighted by Crippen LogP contribution is -2.48. The largest absolute Gasteiger partial charge is 0.497 e. The predicted octanol–water partition coefficient (Wildman–Crippen LogP) is 3.22.